The van der Waals surface area contributed by atoms with E-state index in [9.17, 15) is 4.79 Å². The minimum Gasteiger partial charge on any atom is -0.340 e. The summed E-state index contributed by atoms with van der Waals surface area (Å²) in [4.78, 5) is 14.2. The van der Waals surface area contributed by atoms with Crippen LogP contribution in [-0.4, -0.2) is 36.0 Å². The largest absolute Gasteiger partial charge is 0.340 e. The summed E-state index contributed by atoms with van der Waals surface area (Å²) in [7, 11) is 0. The first-order valence-corrected chi connectivity index (χ1v) is 7.63. The molecule has 1 aliphatic rings. The van der Waals surface area contributed by atoms with Crippen molar-refractivity contribution in [2.24, 2.45) is 0 Å². The molecule has 4 heteroatoms. The van der Waals surface area contributed by atoms with Gasteiger partial charge in [-0.3, -0.25) is 4.79 Å². The Morgan fingerprint density at radius 2 is 1.95 bits per heavy atom. The Kier molecular flexibility index (Phi) is 4.99. The molecule has 0 bridgehead atoms. The third-order valence-corrected chi connectivity index (χ3v) is 4.25. The average Bonchev–Trinajstić information content (AvgIpc) is 2.36. The normalized spacial score (nSPS) is 23.4. The van der Waals surface area contributed by atoms with Gasteiger partial charge in [0.2, 0.25) is 5.91 Å². The maximum Gasteiger partial charge on any atom is 0.223 e. The molecular weight excluding hydrogens is 304 g/mol. The number of halogens is 1. The maximum absolute atomic E-state index is 12.3. The van der Waals surface area contributed by atoms with Crippen LogP contribution in [0.25, 0.3) is 0 Å². The molecule has 3 nitrogen and oxygen atoms in total. The molecule has 1 heterocycles. The summed E-state index contributed by atoms with van der Waals surface area (Å²) in [6.07, 6.45) is 1.38. The zero-order valence-electron chi connectivity index (χ0n) is 11.5. The minimum absolute atomic E-state index is 0.260. The Hall–Kier alpha value is -0.870. The molecule has 1 aliphatic heterocycles. The summed E-state index contributed by atoms with van der Waals surface area (Å²) in [5, 5.41) is 3.45. The third kappa shape index (κ3) is 4.05. The molecule has 0 spiro atoms. The van der Waals surface area contributed by atoms with Gasteiger partial charge in [0.1, 0.15) is 0 Å². The Balaban J connectivity index is 1.89. The van der Waals surface area contributed by atoms with Gasteiger partial charge in [-0.15, -0.1) is 0 Å². The fraction of sp³-hybridized carbons (Fsp3) is 0.533. The molecule has 0 radical (unpaired) electrons. The molecule has 19 heavy (non-hydrogen) atoms. The highest BCUT2D eigenvalue weighted by molar-refractivity contribution is 9.10. The van der Waals surface area contributed by atoms with Gasteiger partial charge in [-0.05, 0) is 31.9 Å². The topological polar surface area (TPSA) is 32.3 Å². The van der Waals surface area contributed by atoms with E-state index in [1.807, 2.05) is 23.1 Å². The van der Waals surface area contributed by atoms with Gasteiger partial charge in [0.05, 0.1) is 0 Å². The second-order valence-corrected chi connectivity index (χ2v) is 6.21. The molecule has 0 aliphatic carbocycles. The predicted molar refractivity (Wildman–Crippen MR) is 81.1 cm³/mol. The van der Waals surface area contributed by atoms with Crippen molar-refractivity contribution in [3.63, 3.8) is 0 Å². The molecule has 1 saturated heterocycles. The van der Waals surface area contributed by atoms with Crippen LogP contribution in [0.15, 0.2) is 28.7 Å². The van der Waals surface area contributed by atoms with Crippen molar-refractivity contribution in [3.8, 4) is 0 Å². The van der Waals surface area contributed by atoms with Crippen LogP contribution in [0, 0.1) is 0 Å². The van der Waals surface area contributed by atoms with Crippen LogP contribution in [0.3, 0.4) is 0 Å². The number of rotatable bonds is 3. The van der Waals surface area contributed by atoms with Crippen molar-refractivity contribution in [2.75, 3.05) is 13.1 Å². The van der Waals surface area contributed by atoms with E-state index in [2.05, 4.69) is 41.2 Å². The number of carbonyl (C=O) groups excluding carboxylic acids is 1. The van der Waals surface area contributed by atoms with Crippen molar-refractivity contribution >= 4 is 21.8 Å². The van der Waals surface area contributed by atoms with Gasteiger partial charge in [0, 0.05) is 36.1 Å². The Morgan fingerprint density at radius 1 is 1.32 bits per heavy atom. The van der Waals surface area contributed by atoms with Crippen LogP contribution in [-0.2, 0) is 11.2 Å². The van der Waals surface area contributed by atoms with Crippen LogP contribution in [0.1, 0.15) is 25.8 Å². The van der Waals surface area contributed by atoms with Crippen molar-refractivity contribution in [1.29, 1.82) is 0 Å². The average molecular weight is 325 g/mol. The molecule has 2 unspecified atom stereocenters. The van der Waals surface area contributed by atoms with E-state index in [1.165, 1.54) is 5.56 Å². The number of nitrogens with one attached hydrogen (secondary N) is 1. The van der Waals surface area contributed by atoms with Gasteiger partial charge in [-0.1, -0.05) is 34.1 Å². The van der Waals surface area contributed by atoms with Crippen molar-refractivity contribution < 1.29 is 4.79 Å². The summed E-state index contributed by atoms with van der Waals surface area (Å²) in [6, 6.07) is 8.87. The predicted octanol–water partition coefficient (Wildman–Crippen LogP) is 2.59. The summed E-state index contributed by atoms with van der Waals surface area (Å²) >= 11 is 3.53. The van der Waals surface area contributed by atoms with Crippen LogP contribution >= 0.6 is 15.9 Å². The third-order valence-electron chi connectivity index (χ3n) is 3.48. The molecule has 1 aromatic carbocycles. The molecule has 2 atom stereocenters. The fourth-order valence-electron chi connectivity index (χ4n) is 2.63. The van der Waals surface area contributed by atoms with Crippen molar-refractivity contribution in [3.05, 3.63) is 34.3 Å². The molecule has 1 amide bonds. The van der Waals surface area contributed by atoms with Gasteiger partial charge in [0.15, 0.2) is 0 Å². The van der Waals surface area contributed by atoms with Crippen molar-refractivity contribution in [1.82, 2.24) is 10.2 Å². The zero-order chi connectivity index (χ0) is 13.8. The van der Waals surface area contributed by atoms with E-state index in [-0.39, 0.29) is 5.91 Å². The molecule has 2 rings (SSSR count). The SMILES string of the molecule is CC1CN(C(=O)CCc2ccccc2Br)CC(C)N1. The number of hydrogen-bond acceptors (Lipinski definition) is 2. The Morgan fingerprint density at radius 3 is 2.58 bits per heavy atom. The molecule has 104 valence electrons. The lowest BCUT2D eigenvalue weighted by Crippen LogP contribution is -2.55. The number of aryl methyl sites for hydroxylation is 1. The second kappa shape index (κ2) is 6.53. The number of nitrogens with zero attached hydrogens (tertiary/aromatic N) is 1. The first kappa shape index (κ1) is 14.5. The van der Waals surface area contributed by atoms with E-state index in [1.54, 1.807) is 0 Å². The minimum atomic E-state index is 0.260. The smallest absolute Gasteiger partial charge is 0.223 e. The van der Waals surface area contributed by atoms with Gasteiger partial charge in [-0.2, -0.15) is 0 Å². The first-order valence-electron chi connectivity index (χ1n) is 6.83. The van der Waals surface area contributed by atoms with Crippen LogP contribution < -0.4 is 5.32 Å². The molecule has 0 aromatic heterocycles. The highest BCUT2D eigenvalue weighted by atomic mass is 79.9. The monoisotopic (exact) mass is 324 g/mol. The van der Waals surface area contributed by atoms with Gasteiger partial charge in [-0.25, -0.2) is 0 Å². The van der Waals surface area contributed by atoms with Gasteiger partial charge < -0.3 is 10.2 Å². The highest BCUT2D eigenvalue weighted by Crippen LogP contribution is 2.18. The molecular formula is C15H21BrN2O. The number of piperazine rings is 1. The fourth-order valence-corrected chi connectivity index (χ4v) is 3.11. The van der Waals surface area contributed by atoms with Crippen LogP contribution in [0.5, 0.6) is 0 Å². The van der Waals surface area contributed by atoms with Crippen LogP contribution in [0.2, 0.25) is 0 Å². The molecule has 1 fully saturated rings. The highest BCUT2D eigenvalue weighted by Gasteiger charge is 2.24. The standard InChI is InChI=1S/C15H21BrN2O/c1-11-9-18(10-12(2)17-11)15(19)8-7-13-5-3-4-6-14(13)16/h3-6,11-12,17H,7-10H2,1-2H3. The maximum atomic E-state index is 12.3. The lowest BCUT2D eigenvalue weighted by Gasteiger charge is -2.36. The van der Waals surface area contributed by atoms with Crippen molar-refractivity contribution in [2.45, 2.75) is 38.8 Å². The van der Waals surface area contributed by atoms with E-state index >= 15 is 0 Å². The summed E-state index contributed by atoms with van der Waals surface area (Å²) < 4.78 is 1.09. The number of carbonyl (C=O) groups is 1. The number of hydrogen-bond donors (Lipinski definition) is 1. The zero-order valence-corrected chi connectivity index (χ0v) is 13.1. The second-order valence-electron chi connectivity index (χ2n) is 5.36. The first-order chi connectivity index (χ1) is 9.06. The Bertz CT molecular complexity index is 440. The number of amides is 1. The molecule has 0 saturated carbocycles. The molecule has 1 aromatic rings. The van der Waals surface area contributed by atoms with E-state index < -0.39 is 0 Å². The van der Waals surface area contributed by atoms with E-state index in [0.717, 1.165) is 24.0 Å². The summed E-state index contributed by atoms with van der Waals surface area (Å²) in [6.45, 7) is 5.89. The summed E-state index contributed by atoms with van der Waals surface area (Å²) in [5.74, 6) is 0.260. The Labute approximate surface area is 123 Å². The van der Waals surface area contributed by atoms with Gasteiger partial charge in [0.25, 0.3) is 0 Å². The van der Waals surface area contributed by atoms with Crippen LogP contribution in [0.4, 0.5) is 0 Å². The molecule has 1 N–H and O–H groups in total. The lowest BCUT2D eigenvalue weighted by molar-refractivity contribution is -0.132. The van der Waals surface area contributed by atoms with Gasteiger partial charge >= 0.3 is 0 Å². The quantitative estimate of drug-likeness (QED) is 0.926. The number of benzene rings is 1. The summed E-state index contributed by atoms with van der Waals surface area (Å²) in [5.41, 5.74) is 1.20. The van der Waals surface area contributed by atoms with E-state index in [4.69, 9.17) is 0 Å². The van der Waals surface area contributed by atoms with E-state index in [0.29, 0.717) is 18.5 Å². The lowest BCUT2D eigenvalue weighted by atomic mass is 10.1.